The van der Waals surface area contributed by atoms with Gasteiger partial charge in [0.1, 0.15) is 0 Å². The summed E-state index contributed by atoms with van der Waals surface area (Å²) in [6.07, 6.45) is -4.60. The van der Waals surface area contributed by atoms with Gasteiger partial charge in [-0.3, -0.25) is 4.79 Å². The molecule has 0 saturated carbocycles. The van der Waals surface area contributed by atoms with E-state index in [1.807, 2.05) is 0 Å². The van der Waals surface area contributed by atoms with Crippen LogP contribution in [0, 0.1) is 0 Å². The second kappa shape index (κ2) is 4.96. The van der Waals surface area contributed by atoms with E-state index in [2.05, 4.69) is 5.32 Å². The lowest BCUT2D eigenvalue weighted by molar-refractivity contribution is -0.137. The highest BCUT2D eigenvalue weighted by Gasteiger charge is 2.35. The summed E-state index contributed by atoms with van der Waals surface area (Å²) >= 11 is 5.50. The van der Waals surface area contributed by atoms with E-state index < -0.39 is 23.2 Å². The fourth-order valence-corrected chi connectivity index (χ4v) is 1.46. The second-order valence-corrected chi connectivity index (χ2v) is 4.25. The van der Waals surface area contributed by atoms with E-state index in [0.29, 0.717) is 0 Å². The molecule has 1 N–H and O–H groups in total. The van der Waals surface area contributed by atoms with Crippen LogP contribution in [0.2, 0.25) is 5.02 Å². The normalized spacial score (nSPS) is 11.7. The van der Waals surface area contributed by atoms with Gasteiger partial charge in [-0.25, -0.2) is 0 Å². The largest absolute Gasteiger partial charge is 0.417 e. The number of benzene rings is 1. The molecule has 0 fully saturated rings. The predicted molar refractivity (Wildman–Crippen MR) is 59.1 cm³/mol. The van der Waals surface area contributed by atoms with Crippen LogP contribution in [0.3, 0.4) is 0 Å². The number of nitrogens with one attached hydrogen (secondary N) is 1. The lowest BCUT2D eigenvalue weighted by Gasteiger charge is -2.14. The van der Waals surface area contributed by atoms with Gasteiger partial charge in [-0.05, 0) is 32.0 Å². The van der Waals surface area contributed by atoms with Crippen molar-refractivity contribution in [2.45, 2.75) is 26.1 Å². The molecule has 0 bridgehead atoms. The van der Waals surface area contributed by atoms with E-state index in [9.17, 15) is 18.0 Å². The van der Waals surface area contributed by atoms with Crippen molar-refractivity contribution in [3.63, 3.8) is 0 Å². The van der Waals surface area contributed by atoms with Crippen LogP contribution < -0.4 is 5.32 Å². The molecule has 0 aliphatic heterocycles. The van der Waals surface area contributed by atoms with Gasteiger partial charge in [-0.15, -0.1) is 0 Å². The molecule has 1 aromatic carbocycles. The third-order valence-corrected chi connectivity index (χ3v) is 2.19. The first-order chi connectivity index (χ1) is 7.71. The molecule has 0 spiro atoms. The van der Waals surface area contributed by atoms with E-state index in [-0.39, 0.29) is 11.1 Å². The van der Waals surface area contributed by atoms with Crippen molar-refractivity contribution in [2.24, 2.45) is 0 Å². The van der Waals surface area contributed by atoms with Crippen LogP contribution in [0.5, 0.6) is 0 Å². The van der Waals surface area contributed by atoms with Gasteiger partial charge < -0.3 is 5.32 Å². The molecule has 0 atom stereocenters. The summed E-state index contributed by atoms with van der Waals surface area (Å²) in [7, 11) is 0. The van der Waals surface area contributed by atoms with Gasteiger partial charge in [0, 0.05) is 11.1 Å². The van der Waals surface area contributed by atoms with Gasteiger partial charge in [0.2, 0.25) is 0 Å². The Hall–Kier alpha value is -1.23. The highest BCUT2D eigenvalue weighted by Crippen LogP contribution is 2.33. The van der Waals surface area contributed by atoms with Crippen molar-refractivity contribution >= 4 is 17.5 Å². The van der Waals surface area contributed by atoms with E-state index in [0.717, 1.165) is 12.1 Å². The summed E-state index contributed by atoms with van der Waals surface area (Å²) < 4.78 is 38.1. The van der Waals surface area contributed by atoms with Crippen molar-refractivity contribution < 1.29 is 18.0 Å². The minimum atomic E-state index is -4.60. The third-order valence-electron chi connectivity index (χ3n) is 1.95. The van der Waals surface area contributed by atoms with Gasteiger partial charge in [-0.2, -0.15) is 13.2 Å². The number of hydrogen-bond donors (Lipinski definition) is 1. The quantitative estimate of drug-likeness (QED) is 0.871. The minimum Gasteiger partial charge on any atom is -0.350 e. The maximum absolute atomic E-state index is 12.7. The Balaban J connectivity index is 3.20. The molecule has 6 heteroatoms. The zero-order valence-corrected chi connectivity index (χ0v) is 9.99. The van der Waals surface area contributed by atoms with Crippen molar-refractivity contribution in [3.05, 3.63) is 34.3 Å². The summed E-state index contributed by atoms with van der Waals surface area (Å²) in [4.78, 5) is 11.6. The Labute approximate surface area is 102 Å². The Bertz CT molecular complexity index is 429. The van der Waals surface area contributed by atoms with Crippen molar-refractivity contribution in [3.8, 4) is 0 Å². The van der Waals surface area contributed by atoms with Crippen LogP contribution in [0.4, 0.5) is 13.2 Å². The van der Waals surface area contributed by atoms with Crippen LogP contribution in [-0.4, -0.2) is 11.9 Å². The molecule has 0 aromatic heterocycles. The number of rotatable bonds is 2. The van der Waals surface area contributed by atoms with Crippen LogP contribution in [0.15, 0.2) is 18.2 Å². The molecule has 2 nitrogen and oxygen atoms in total. The van der Waals surface area contributed by atoms with Gasteiger partial charge in [0.05, 0.1) is 11.1 Å². The predicted octanol–water partition coefficient (Wildman–Crippen LogP) is 3.50. The Morgan fingerprint density at radius 3 is 2.41 bits per heavy atom. The van der Waals surface area contributed by atoms with Gasteiger partial charge in [0.25, 0.3) is 5.91 Å². The van der Waals surface area contributed by atoms with E-state index >= 15 is 0 Å². The van der Waals surface area contributed by atoms with Crippen LogP contribution >= 0.6 is 11.6 Å². The van der Waals surface area contributed by atoms with Crippen LogP contribution in [-0.2, 0) is 6.18 Å². The molecular formula is C11H11ClF3NO. The lowest BCUT2D eigenvalue weighted by atomic mass is 10.1. The van der Waals surface area contributed by atoms with E-state index in [1.165, 1.54) is 6.07 Å². The molecule has 1 amide bonds. The molecule has 1 aromatic rings. The monoisotopic (exact) mass is 265 g/mol. The number of hydrogen-bond acceptors (Lipinski definition) is 1. The molecule has 0 radical (unpaired) electrons. The average molecular weight is 266 g/mol. The zero-order chi connectivity index (χ0) is 13.2. The van der Waals surface area contributed by atoms with Crippen molar-refractivity contribution in [1.29, 1.82) is 0 Å². The number of amides is 1. The van der Waals surface area contributed by atoms with Crippen molar-refractivity contribution in [1.82, 2.24) is 5.32 Å². The molecule has 1 rings (SSSR count). The molecule has 0 unspecified atom stereocenters. The molecule has 17 heavy (non-hydrogen) atoms. The Kier molecular flexibility index (Phi) is 4.03. The van der Waals surface area contributed by atoms with Gasteiger partial charge >= 0.3 is 6.18 Å². The first kappa shape index (κ1) is 13.8. The summed E-state index contributed by atoms with van der Waals surface area (Å²) in [5.41, 5.74) is -1.45. The van der Waals surface area contributed by atoms with Crippen LogP contribution in [0.1, 0.15) is 29.8 Å². The molecular weight excluding hydrogens is 255 g/mol. The Morgan fingerprint density at radius 2 is 1.94 bits per heavy atom. The van der Waals surface area contributed by atoms with Crippen LogP contribution in [0.25, 0.3) is 0 Å². The first-order valence-electron chi connectivity index (χ1n) is 4.89. The fraction of sp³-hybridized carbons (Fsp3) is 0.364. The molecule has 0 aliphatic rings. The third kappa shape index (κ3) is 3.63. The SMILES string of the molecule is CC(C)NC(=O)c1ccc(Cl)cc1C(F)(F)F. The zero-order valence-electron chi connectivity index (χ0n) is 9.23. The lowest BCUT2D eigenvalue weighted by Crippen LogP contribution is -2.31. The molecule has 0 heterocycles. The Morgan fingerprint density at radius 1 is 1.35 bits per heavy atom. The number of carbonyl (C=O) groups is 1. The second-order valence-electron chi connectivity index (χ2n) is 3.82. The number of halogens is 4. The summed E-state index contributed by atoms with van der Waals surface area (Å²) in [6, 6.07) is 2.84. The summed E-state index contributed by atoms with van der Waals surface area (Å²) in [5.74, 6) is -0.760. The fourth-order valence-electron chi connectivity index (χ4n) is 1.29. The summed E-state index contributed by atoms with van der Waals surface area (Å²) in [5, 5.41) is 2.35. The highest BCUT2D eigenvalue weighted by molar-refractivity contribution is 6.30. The standard InChI is InChI=1S/C11H11ClF3NO/c1-6(2)16-10(17)8-4-3-7(12)5-9(8)11(13,14)15/h3-6H,1-2H3,(H,16,17). The number of carbonyl (C=O) groups excluding carboxylic acids is 1. The number of alkyl halides is 3. The minimum absolute atomic E-state index is 0.0570. The smallest absolute Gasteiger partial charge is 0.350 e. The molecule has 94 valence electrons. The maximum Gasteiger partial charge on any atom is 0.417 e. The van der Waals surface area contributed by atoms with Gasteiger partial charge in [-0.1, -0.05) is 11.6 Å². The first-order valence-corrected chi connectivity index (χ1v) is 5.27. The highest BCUT2D eigenvalue weighted by atomic mass is 35.5. The summed E-state index contributed by atoms with van der Waals surface area (Å²) in [6.45, 7) is 3.34. The average Bonchev–Trinajstić information content (AvgIpc) is 2.14. The maximum atomic E-state index is 12.7. The van der Waals surface area contributed by atoms with Crippen molar-refractivity contribution in [2.75, 3.05) is 0 Å². The topological polar surface area (TPSA) is 29.1 Å². The van der Waals surface area contributed by atoms with E-state index in [4.69, 9.17) is 11.6 Å². The van der Waals surface area contributed by atoms with Gasteiger partial charge in [0.15, 0.2) is 0 Å². The molecule has 0 saturated heterocycles. The van der Waals surface area contributed by atoms with E-state index in [1.54, 1.807) is 13.8 Å². The molecule has 0 aliphatic carbocycles.